The standard InChI is InChI=1S/C13H22N4O/c1-3-10-11(14)12(17(2)16-10)13(18)15-8-9-6-4-5-7-9/h9H,3-8,14H2,1-2H3,(H,15,18). The summed E-state index contributed by atoms with van der Waals surface area (Å²) in [6.07, 6.45) is 5.76. The van der Waals surface area contributed by atoms with E-state index in [0.29, 0.717) is 17.3 Å². The van der Waals surface area contributed by atoms with Crippen LogP contribution in [0, 0.1) is 5.92 Å². The average molecular weight is 250 g/mol. The zero-order chi connectivity index (χ0) is 13.1. The Labute approximate surface area is 108 Å². The van der Waals surface area contributed by atoms with Crippen molar-refractivity contribution in [3.05, 3.63) is 11.4 Å². The van der Waals surface area contributed by atoms with Gasteiger partial charge in [0.1, 0.15) is 5.69 Å². The van der Waals surface area contributed by atoms with Crippen molar-refractivity contribution in [3.63, 3.8) is 0 Å². The number of nitrogen functional groups attached to an aromatic ring is 1. The highest BCUT2D eigenvalue weighted by molar-refractivity contribution is 5.97. The summed E-state index contributed by atoms with van der Waals surface area (Å²) in [5.41, 5.74) is 7.76. The van der Waals surface area contributed by atoms with Gasteiger partial charge in [-0.05, 0) is 25.2 Å². The first kappa shape index (κ1) is 12.9. The number of anilines is 1. The maximum absolute atomic E-state index is 12.1. The molecule has 1 amide bonds. The number of hydrogen-bond donors (Lipinski definition) is 2. The zero-order valence-corrected chi connectivity index (χ0v) is 11.2. The van der Waals surface area contributed by atoms with Crippen LogP contribution in [-0.4, -0.2) is 22.2 Å². The summed E-state index contributed by atoms with van der Waals surface area (Å²) in [4.78, 5) is 12.1. The number of nitrogens with one attached hydrogen (secondary N) is 1. The molecule has 0 atom stereocenters. The number of aryl methyl sites for hydroxylation is 2. The van der Waals surface area contributed by atoms with Gasteiger partial charge in [0.25, 0.3) is 5.91 Å². The van der Waals surface area contributed by atoms with Crippen LogP contribution in [0.2, 0.25) is 0 Å². The van der Waals surface area contributed by atoms with Crippen molar-refractivity contribution in [1.29, 1.82) is 0 Å². The van der Waals surface area contributed by atoms with E-state index in [0.717, 1.165) is 18.7 Å². The Morgan fingerprint density at radius 2 is 2.17 bits per heavy atom. The lowest BCUT2D eigenvalue weighted by Gasteiger charge is -2.11. The van der Waals surface area contributed by atoms with Gasteiger partial charge in [-0.3, -0.25) is 9.48 Å². The van der Waals surface area contributed by atoms with Crippen LogP contribution in [0.25, 0.3) is 0 Å². The minimum Gasteiger partial charge on any atom is -0.395 e. The lowest BCUT2D eigenvalue weighted by Crippen LogP contribution is -2.30. The Bertz CT molecular complexity index is 432. The topological polar surface area (TPSA) is 72.9 Å². The lowest BCUT2D eigenvalue weighted by molar-refractivity contribution is 0.0939. The van der Waals surface area contributed by atoms with Crippen LogP contribution < -0.4 is 11.1 Å². The largest absolute Gasteiger partial charge is 0.395 e. The van der Waals surface area contributed by atoms with Gasteiger partial charge in [-0.2, -0.15) is 5.10 Å². The minimum absolute atomic E-state index is 0.103. The first-order valence-electron chi connectivity index (χ1n) is 6.73. The molecule has 18 heavy (non-hydrogen) atoms. The van der Waals surface area contributed by atoms with E-state index in [9.17, 15) is 4.79 Å². The summed E-state index contributed by atoms with van der Waals surface area (Å²) in [7, 11) is 1.76. The monoisotopic (exact) mass is 250 g/mol. The molecule has 0 aromatic carbocycles. The number of nitrogens with two attached hydrogens (primary N) is 1. The van der Waals surface area contributed by atoms with E-state index >= 15 is 0 Å². The lowest BCUT2D eigenvalue weighted by atomic mass is 10.1. The number of carbonyl (C=O) groups excluding carboxylic acids is 1. The van der Waals surface area contributed by atoms with E-state index < -0.39 is 0 Å². The van der Waals surface area contributed by atoms with E-state index in [4.69, 9.17) is 5.73 Å². The quantitative estimate of drug-likeness (QED) is 0.850. The van der Waals surface area contributed by atoms with Crippen molar-refractivity contribution in [3.8, 4) is 0 Å². The molecule has 0 spiro atoms. The molecule has 1 heterocycles. The molecule has 5 nitrogen and oxygen atoms in total. The van der Waals surface area contributed by atoms with Crippen LogP contribution >= 0.6 is 0 Å². The molecule has 0 aliphatic heterocycles. The summed E-state index contributed by atoms with van der Waals surface area (Å²) in [5, 5.41) is 7.24. The second-order valence-corrected chi connectivity index (χ2v) is 5.05. The van der Waals surface area contributed by atoms with Gasteiger partial charge in [-0.25, -0.2) is 0 Å². The molecule has 0 radical (unpaired) electrons. The van der Waals surface area contributed by atoms with Gasteiger partial charge in [-0.1, -0.05) is 19.8 Å². The van der Waals surface area contributed by atoms with Crippen LogP contribution in [0.4, 0.5) is 5.69 Å². The fraction of sp³-hybridized carbons (Fsp3) is 0.692. The Morgan fingerprint density at radius 3 is 2.72 bits per heavy atom. The van der Waals surface area contributed by atoms with Crippen LogP contribution in [0.1, 0.15) is 48.8 Å². The second-order valence-electron chi connectivity index (χ2n) is 5.05. The Hall–Kier alpha value is -1.52. The molecule has 1 aromatic heterocycles. The second kappa shape index (κ2) is 5.42. The van der Waals surface area contributed by atoms with E-state index in [1.54, 1.807) is 11.7 Å². The van der Waals surface area contributed by atoms with Crippen molar-refractivity contribution in [2.75, 3.05) is 12.3 Å². The SMILES string of the molecule is CCc1nn(C)c(C(=O)NCC2CCCC2)c1N. The summed E-state index contributed by atoms with van der Waals surface area (Å²) >= 11 is 0. The maximum Gasteiger partial charge on any atom is 0.271 e. The number of hydrogen-bond acceptors (Lipinski definition) is 3. The van der Waals surface area contributed by atoms with Gasteiger partial charge in [0, 0.05) is 13.6 Å². The Balaban J connectivity index is 2.01. The molecule has 2 rings (SSSR count). The van der Waals surface area contributed by atoms with E-state index in [2.05, 4.69) is 10.4 Å². The van der Waals surface area contributed by atoms with Gasteiger partial charge in [-0.15, -0.1) is 0 Å². The molecular weight excluding hydrogens is 228 g/mol. The van der Waals surface area contributed by atoms with E-state index in [-0.39, 0.29) is 5.91 Å². The predicted molar refractivity (Wildman–Crippen MR) is 71.3 cm³/mol. The Morgan fingerprint density at radius 1 is 1.50 bits per heavy atom. The van der Waals surface area contributed by atoms with Gasteiger partial charge in [0.2, 0.25) is 0 Å². The Kier molecular flexibility index (Phi) is 3.89. The highest BCUT2D eigenvalue weighted by Gasteiger charge is 2.21. The molecule has 1 fully saturated rings. The third-order valence-electron chi connectivity index (χ3n) is 3.74. The molecule has 0 unspecified atom stereocenters. The molecule has 0 bridgehead atoms. The fourth-order valence-corrected chi connectivity index (χ4v) is 2.66. The normalized spacial score (nSPS) is 16.1. The molecule has 100 valence electrons. The van der Waals surface area contributed by atoms with Crippen molar-refractivity contribution in [2.45, 2.75) is 39.0 Å². The molecular formula is C13H22N4O. The number of rotatable bonds is 4. The molecule has 0 saturated heterocycles. The zero-order valence-electron chi connectivity index (χ0n) is 11.2. The third kappa shape index (κ3) is 2.49. The van der Waals surface area contributed by atoms with Crippen LogP contribution in [0.5, 0.6) is 0 Å². The summed E-state index contributed by atoms with van der Waals surface area (Å²) < 4.78 is 1.58. The third-order valence-corrected chi connectivity index (χ3v) is 3.74. The van der Waals surface area contributed by atoms with Crippen molar-refractivity contribution in [1.82, 2.24) is 15.1 Å². The summed E-state index contributed by atoms with van der Waals surface area (Å²) in [6, 6.07) is 0. The molecule has 1 aliphatic rings. The summed E-state index contributed by atoms with van der Waals surface area (Å²) in [5.74, 6) is 0.531. The van der Waals surface area contributed by atoms with Crippen molar-refractivity contribution in [2.24, 2.45) is 13.0 Å². The molecule has 1 aliphatic carbocycles. The first-order chi connectivity index (χ1) is 8.63. The van der Waals surface area contributed by atoms with E-state index in [1.165, 1.54) is 25.7 Å². The summed E-state index contributed by atoms with van der Waals surface area (Å²) in [6.45, 7) is 2.74. The van der Waals surface area contributed by atoms with Crippen LogP contribution in [-0.2, 0) is 13.5 Å². The highest BCUT2D eigenvalue weighted by Crippen LogP contribution is 2.24. The first-order valence-corrected chi connectivity index (χ1v) is 6.73. The number of aromatic nitrogens is 2. The maximum atomic E-state index is 12.1. The van der Waals surface area contributed by atoms with Gasteiger partial charge in [0.05, 0.1) is 11.4 Å². The molecule has 1 aromatic rings. The molecule has 5 heteroatoms. The number of amides is 1. The predicted octanol–water partition coefficient (Wildman–Crippen LogP) is 1.48. The molecule has 1 saturated carbocycles. The highest BCUT2D eigenvalue weighted by atomic mass is 16.2. The molecule has 3 N–H and O–H groups in total. The fourth-order valence-electron chi connectivity index (χ4n) is 2.66. The van der Waals surface area contributed by atoms with Crippen molar-refractivity contribution < 1.29 is 4.79 Å². The van der Waals surface area contributed by atoms with Crippen LogP contribution in [0.3, 0.4) is 0 Å². The number of carbonyl (C=O) groups is 1. The van der Waals surface area contributed by atoms with Crippen LogP contribution in [0.15, 0.2) is 0 Å². The van der Waals surface area contributed by atoms with Gasteiger partial charge >= 0.3 is 0 Å². The smallest absolute Gasteiger partial charge is 0.271 e. The van der Waals surface area contributed by atoms with E-state index in [1.807, 2.05) is 6.92 Å². The minimum atomic E-state index is -0.103. The average Bonchev–Trinajstić information content (AvgIpc) is 2.94. The van der Waals surface area contributed by atoms with Gasteiger partial charge < -0.3 is 11.1 Å². The number of nitrogens with zero attached hydrogens (tertiary/aromatic N) is 2. The van der Waals surface area contributed by atoms with Crippen molar-refractivity contribution >= 4 is 11.6 Å². The van der Waals surface area contributed by atoms with Gasteiger partial charge in [0.15, 0.2) is 0 Å².